The Labute approximate surface area is 238 Å². The van der Waals surface area contributed by atoms with Gasteiger partial charge < -0.3 is 55.1 Å². The van der Waals surface area contributed by atoms with Gasteiger partial charge in [-0.15, -0.1) is 0 Å². The number of aliphatic hydroxyl groups excluding tert-OH is 6. The zero-order chi connectivity index (χ0) is 29.7. The van der Waals surface area contributed by atoms with Crippen LogP contribution in [-0.2, 0) is 19.0 Å². The molecule has 6 rings (SSSR count). The average molecular weight is 585 g/mol. The van der Waals surface area contributed by atoms with Crippen LogP contribution in [0.25, 0.3) is 0 Å². The molecule has 0 spiro atoms. The van der Waals surface area contributed by atoms with Crippen molar-refractivity contribution in [1.29, 1.82) is 0 Å². The molecule has 12 nitrogen and oxygen atoms in total. The van der Waals surface area contributed by atoms with Gasteiger partial charge in [0.05, 0.1) is 47.6 Å². The van der Waals surface area contributed by atoms with Crippen molar-refractivity contribution >= 4 is 5.97 Å². The van der Waals surface area contributed by atoms with Crippen LogP contribution in [-0.4, -0.2) is 120 Å². The summed E-state index contributed by atoms with van der Waals surface area (Å²) < 4.78 is 16.7. The van der Waals surface area contributed by atoms with Gasteiger partial charge in [-0.25, -0.2) is 4.79 Å². The fourth-order valence-electron chi connectivity index (χ4n) is 10.1. The Kier molecular flexibility index (Phi) is 7.22. The Morgan fingerprint density at radius 3 is 2.41 bits per heavy atom. The maximum atomic E-state index is 12.4. The smallest absolute Gasteiger partial charge is 0.331 e. The minimum atomic E-state index is -1.67. The van der Waals surface area contributed by atoms with Crippen molar-refractivity contribution in [3.05, 3.63) is 11.6 Å². The molecule has 1 unspecified atom stereocenters. The molecule has 12 heteroatoms. The van der Waals surface area contributed by atoms with Gasteiger partial charge in [0.25, 0.3) is 0 Å². The molecular formula is C29H44O12. The van der Waals surface area contributed by atoms with Gasteiger partial charge in [-0.1, -0.05) is 6.92 Å². The van der Waals surface area contributed by atoms with Gasteiger partial charge in [0, 0.05) is 30.3 Å². The van der Waals surface area contributed by atoms with E-state index in [1.54, 1.807) is 0 Å². The van der Waals surface area contributed by atoms with Crippen LogP contribution in [0.1, 0.15) is 58.8 Å². The Morgan fingerprint density at radius 1 is 1.02 bits per heavy atom. The van der Waals surface area contributed by atoms with E-state index in [2.05, 4.69) is 0 Å². The second-order valence-electron chi connectivity index (χ2n) is 13.8. The second-order valence-corrected chi connectivity index (χ2v) is 13.8. The highest BCUT2D eigenvalue weighted by Crippen LogP contribution is 2.70. The molecule has 2 heterocycles. The molecule has 232 valence electrons. The third-order valence-corrected chi connectivity index (χ3v) is 12.2. The first kappa shape index (κ1) is 29.9. The largest absolute Gasteiger partial charge is 0.458 e. The van der Waals surface area contributed by atoms with E-state index in [4.69, 9.17) is 14.2 Å². The molecule has 2 aliphatic heterocycles. The molecule has 0 radical (unpaired) electrons. The zero-order valence-corrected chi connectivity index (χ0v) is 23.5. The van der Waals surface area contributed by atoms with E-state index in [0.29, 0.717) is 19.3 Å². The normalized spacial score (nSPS) is 56.9. The van der Waals surface area contributed by atoms with Gasteiger partial charge in [0.1, 0.15) is 24.9 Å². The minimum absolute atomic E-state index is 0.0369. The summed E-state index contributed by atoms with van der Waals surface area (Å²) in [4.78, 5) is 11.8. The third-order valence-electron chi connectivity index (χ3n) is 12.2. The first-order valence-corrected chi connectivity index (χ1v) is 14.9. The van der Waals surface area contributed by atoms with Gasteiger partial charge in [-0.05, 0) is 56.4 Å². The molecular weight excluding hydrogens is 540 g/mol. The zero-order valence-electron chi connectivity index (χ0n) is 23.5. The standard InChI is InChI=1S/C29H44O12/c1-13-22(34)23(35)24(36)25(40-13)41-15-8-19(32)28(12-30)21-17(3-5-27(28,37)9-15)29(38)6-4-16(14-7-20(33)39-11-14)26(29,2)10-18(21)31/h7,13,15-19,21-25,30-32,34-38H,3-6,8-12H2,1-2H3/t13-,15-,16+,17-,18+,19+,21?,22-,23+,24-,25-,26+,27+,28-,29-/m0/s1. The molecule has 0 bridgehead atoms. The molecule has 8 N–H and O–H groups in total. The van der Waals surface area contributed by atoms with Crippen LogP contribution in [0, 0.1) is 28.6 Å². The highest BCUT2D eigenvalue weighted by Gasteiger charge is 2.75. The molecule has 0 aromatic rings. The Balaban J connectivity index is 1.28. The molecule has 4 saturated carbocycles. The van der Waals surface area contributed by atoms with E-state index in [-0.39, 0.29) is 38.2 Å². The number of fused-ring (bicyclic) bond motifs is 5. The van der Waals surface area contributed by atoms with E-state index in [0.717, 1.165) is 5.57 Å². The van der Waals surface area contributed by atoms with Gasteiger partial charge in [0.2, 0.25) is 0 Å². The van der Waals surface area contributed by atoms with Crippen molar-refractivity contribution in [1.82, 2.24) is 0 Å². The number of ether oxygens (including phenoxy) is 3. The number of carbonyl (C=O) groups excluding carboxylic acids is 1. The van der Waals surface area contributed by atoms with E-state index in [1.807, 2.05) is 6.92 Å². The lowest BCUT2D eigenvalue weighted by atomic mass is 9.40. The fourth-order valence-corrected chi connectivity index (χ4v) is 10.1. The van der Waals surface area contributed by atoms with Gasteiger partial charge >= 0.3 is 5.97 Å². The average Bonchev–Trinajstić information content (AvgIpc) is 3.45. The topological polar surface area (TPSA) is 207 Å². The predicted octanol–water partition coefficient (Wildman–Crippen LogP) is -1.51. The lowest BCUT2D eigenvalue weighted by molar-refractivity contribution is -0.342. The van der Waals surface area contributed by atoms with Crippen molar-refractivity contribution in [2.75, 3.05) is 13.2 Å². The van der Waals surface area contributed by atoms with Crippen LogP contribution < -0.4 is 0 Å². The van der Waals surface area contributed by atoms with E-state index < -0.39 is 95.5 Å². The SMILES string of the molecule is C[C@@H]1O[C@@H](O[C@H]2C[C@@H](O)[C@@]3(CO)C4[C@H](O)C[C@]5(C)[C@@H](C6=CC(=O)OC6)CC[C@]5(O)[C@H]4CC[C@@]3(O)C2)[C@@H](O)[C@H](O)[C@H]1O. The van der Waals surface area contributed by atoms with Crippen molar-refractivity contribution < 1.29 is 59.9 Å². The lowest BCUT2D eigenvalue weighted by Gasteiger charge is -2.68. The van der Waals surface area contributed by atoms with E-state index in [1.165, 1.54) is 13.0 Å². The van der Waals surface area contributed by atoms with Crippen LogP contribution in [0.5, 0.6) is 0 Å². The van der Waals surface area contributed by atoms with Crippen LogP contribution >= 0.6 is 0 Å². The minimum Gasteiger partial charge on any atom is -0.458 e. The maximum absolute atomic E-state index is 12.4. The van der Waals surface area contributed by atoms with Crippen LogP contribution in [0.15, 0.2) is 11.6 Å². The summed E-state index contributed by atoms with van der Waals surface area (Å²) in [6.07, 6.45) is -6.68. The number of hydrogen-bond donors (Lipinski definition) is 8. The first-order chi connectivity index (χ1) is 19.2. The highest BCUT2D eigenvalue weighted by molar-refractivity contribution is 5.85. The van der Waals surface area contributed by atoms with Gasteiger partial charge in [-0.2, -0.15) is 0 Å². The molecule has 1 saturated heterocycles. The number of rotatable bonds is 4. The lowest BCUT2D eigenvalue weighted by Crippen LogP contribution is -2.76. The predicted molar refractivity (Wildman–Crippen MR) is 139 cm³/mol. The van der Waals surface area contributed by atoms with Gasteiger partial charge in [-0.3, -0.25) is 0 Å². The Morgan fingerprint density at radius 2 is 1.76 bits per heavy atom. The van der Waals surface area contributed by atoms with Crippen LogP contribution in [0.2, 0.25) is 0 Å². The number of aliphatic hydroxyl groups is 8. The first-order valence-electron chi connectivity index (χ1n) is 14.9. The number of cyclic esters (lactones) is 1. The summed E-state index contributed by atoms with van der Waals surface area (Å²) in [6.45, 7) is 3.00. The third kappa shape index (κ3) is 3.99. The number of carbonyl (C=O) groups is 1. The molecule has 41 heavy (non-hydrogen) atoms. The van der Waals surface area contributed by atoms with Crippen molar-refractivity contribution in [3.8, 4) is 0 Å². The van der Waals surface area contributed by atoms with E-state index in [9.17, 15) is 45.6 Å². The highest BCUT2D eigenvalue weighted by atomic mass is 16.7. The fraction of sp³-hybridized carbons (Fsp3) is 0.897. The number of hydrogen-bond acceptors (Lipinski definition) is 12. The molecule has 15 atom stereocenters. The number of esters is 1. The molecule has 0 amide bonds. The maximum Gasteiger partial charge on any atom is 0.331 e. The summed E-state index contributed by atoms with van der Waals surface area (Å²) in [5.74, 6) is -1.93. The molecule has 6 aliphatic rings. The summed E-state index contributed by atoms with van der Waals surface area (Å²) in [6, 6.07) is 0. The van der Waals surface area contributed by atoms with Gasteiger partial charge in [0.15, 0.2) is 6.29 Å². The summed E-state index contributed by atoms with van der Waals surface area (Å²) in [7, 11) is 0. The van der Waals surface area contributed by atoms with Crippen molar-refractivity contribution in [2.24, 2.45) is 28.6 Å². The summed E-state index contributed by atoms with van der Waals surface area (Å²) in [5, 5.41) is 89.6. The summed E-state index contributed by atoms with van der Waals surface area (Å²) >= 11 is 0. The Hall–Kier alpha value is -1.19. The van der Waals surface area contributed by atoms with E-state index >= 15 is 0 Å². The van der Waals surface area contributed by atoms with Crippen LogP contribution in [0.3, 0.4) is 0 Å². The molecule has 0 aromatic carbocycles. The summed E-state index contributed by atoms with van der Waals surface area (Å²) in [5.41, 5.74) is -4.46. The quantitative estimate of drug-likeness (QED) is 0.140. The van der Waals surface area contributed by atoms with Crippen molar-refractivity contribution in [2.45, 2.75) is 119 Å². The Bertz CT molecular complexity index is 1080. The monoisotopic (exact) mass is 584 g/mol. The van der Waals surface area contributed by atoms with Crippen LogP contribution in [0.4, 0.5) is 0 Å². The molecule has 0 aromatic heterocycles. The molecule has 4 aliphatic carbocycles. The second kappa shape index (κ2) is 9.91. The van der Waals surface area contributed by atoms with Crippen molar-refractivity contribution in [3.63, 3.8) is 0 Å². The molecule has 5 fully saturated rings.